The van der Waals surface area contributed by atoms with Gasteiger partial charge in [0.25, 0.3) is 6.47 Å². The van der Waals surface area contributed by atoms with Crippen LogP contribution in [-0.2, 0) is 9.53 Å². The maximum atomic E-state index is 9.88. The van der Waals surface area contributed by atoms with E-state index in [1.54, 1.807) is 0 Å². The van der Waals surface area contributed by atoms with E-state index in [9.17, 15) is 4.79 Å². The molecule has 3 heteroatoms. The normalized spacial score (nSPS) is 11.5. The van der Waals surface area contributed by atoms with Gasteiger partial charge in [0.05, 0.1) is 6.10 Å². The molecule has 0 bridgehead atoms. The summed E-state index contributed by atoms with van der Waals surface area (Å²) in [7, 11) is 0. The highest BCUT2D eigenvalue weighted by Crippen LogP contribution is 2.06. The van der Waals surface area contributed by atoms with Gasteiger partial charge in [0.2, 0.25) is 0 Å². The lowest BCUT2D eigenvalue weighted by Crippen LogP contribution is -2.05. The Morgan fingerprint density at radius 1 is 1.33 bits per heavy atom. The molecule has 0 N–H and O–H groups in total. The molecule has 0 aliphatic carbocycles. The number of hydrogen-bond donors (Lipinski definition) is 0. The molecule has 0 rings (SSSR count). The quantitative estimate of drug-likeness (QED) is 0.331. The van der Waals surface area contributed by atoms with Gasteiger partial charge >= 0.3 is 0 Å². The van der Waals surface area contributed by atoms with Crippen molar-refractivity contribution in [3.63, 3.8) is 0 Å². The molecule has 0 aromatic rings. The van der Waals surface area contributed by atoms with Crippen molar-refractivity contribution in [3.05, 3.63) is 0 Å². The molecule has 0 aromatic heterocycles. The molecule has 2 nitrogen and oxygen atoms in total. The average Bonchev–Trinajstić information content (AvgIpc) is 1.99. The van der Waals surface area contributed by atoms with E-state index in [0.717, 1.165) is 6.42 Å². The van der Waals surface area contributed by atoms with E-state index >= 15 is 0 Å². The van der Waals surface area contributed by atoms with Gasteiger partial charge < -0.3 is 4.74 Å². The molecule has 3 radical (unpaired) electrons. The summed E-state index contributed by atoms with van der Waals surface area (Å²) in [5, 5.41) is 0. The molecule has 1 unspecified atom stereocenters. The van der Waals surface area contributed by atoms with Crippen molar-refractivity contribution < 1.29 is 9.53 Å². The highest BCUT2D eigenvalue weighted by molar-refractivity contribution is 5.75. The summed E-state index contributed by atoms with van der Waals surface area (Å²) < 4.78 is 4.74. The summed E-state index contributed by atoms with van der Waals surface area (Å²) in [5.41, 5.74) is 0. The van der Waals surface area contributed by atoms with Crippen LogP contribution in [0.15, 0.2) is 0 Å². The Morgan fingerprint density at radius 2 is 2.00 bits per heavy atom. The Hall–Kier alpha value is -0.465. The lowest BCUT2D eigenvalue weighted by Gasteiger charge is -2.07. The summed E-state index contributed by atoms with van der Waals surface area (Å²) in [6.07, 6.45) is 6.06. The first-order valence-electron chi connectivity index (χ1n) is 4.40. The number of carbonyl (C=O) groups is 1. The van der Waals surface area contributed by atoms with Gasteiger partial charge in [0.15, 0.2) is 0 Å². The summed E-state index contributed by atoms with van der Waals surface area (Å²) in [5.74, 6) is 0. The summed E-state index contributed by atoms with van der Waals surface area (Å²) >= 11 is 0. The molecule has 0 aromatic carbocycles. The second-order valence-electron chi connectivity index (χ2n) is 2.89. The molecule has 0 saturated heterocycles. The number of unbranched alkanes of at least 4 members (excludes halogenated alkanes) is 3. The fraction of sp³-hybridized carbons (Fsp3) is 0.889. The number of carbonyl (C=O) groups excluding carboxylic acids is 1. The van der Waals surface area contributed by atoms with E-state index in [1.165, 1.54) is 25.7 Å². The fourth-order valence-corrected chi connectivity index (χ4v) is 1.02. The monoisotopic (exact) mass is 169 g/mol. The highest BCUT2D eigenvalue weighted by atomic mass is 16.5. The largest absolute Gasteiger partial charge is 0.465 e. The van der Waals surface area contributed by atoms with E-state index in [4.69, 9.17) is 4.74 Å². The molecule has 0 aliphatic rings. The van der Waals surface area contributed by atoms with Crippen LogP contribution in [0.1, 0.15) is 46.0 Å². The van der Waals surface area contributed by atoms with Crippen LogP contribution < -0.4 is 0 Å². The van der Waals surface area contributed by atoms with Crippen LogP contribution in [-0.4, -0.2) is 21.0 Å². The Kier molecular flexibility index (Phi) is 12.4. The first-order valence-corrected chi connectivity index (χ1v) is 4.40. The first kappa shape index (κ1) is 14.1. The van der Waals surface area contributed by atoms with Crippen molar-refractivity contribution >= 4 is 14.9 Å². The van der Waals surface area contributed by atoms with Gasteiger partial charge in [-0.05, 0) is 19.8 Å². The van der Waals surface area contributed by atoms with Crippen molar-refractivity contribution in [3.8, 4) is 0 Å². The Bertz CT molecular complexity index is 96.5. The van der Waals surface area contributed by atoms with E-state index in [1.807, 2.05) is 6.92 Å². The highest BCUT2D eigenvalue weighted by Gasteiger charge is 1.99. The Labute approximate surface area is 77.3 Å². The third-order valence-corrected chi connectivity index (χ3v) is 1.75. The summed E-state index contributed by atoms with van der Waals surface area (Å²) in [6.45, 7) is 4.65. The zero-order valence-electron chi connectivity index (χ0n) is 8.08. The van der Waals surface area contributed by atoms with Crippen LogP contribution >= 0.6 is 0 Å². The third kappa shape index (κ3) is 9.53. The maximum absolute atomic E-state index is 9.88. The van der Waals surface area contributed by atoms with E-state index < -0.39 is 0 Å². The van der Waals surface area contributed by atoms with E-state index in [2.05, 4.69) is 6.92 Å². The molecule has 0 aliphatic heterocycles. The molecule has 0 fully saturated rings. The standard InChI is InChI=1S/C9H18O2.B/c1-3-4-5-6-7-9(2)11-8-10;/h8-9H,3-7H2,1-2H3;. The van der Waals surface area contributed by atoms with Crippen molar-refractivity contribution in [1.29, 1.82) is 0 Å². The van der Waals surface area contributed by atoms with Gasteiger partial charge in [0.1, 0.15) is 0 Å². The van der Waals surface area contributed by atoms with Gasteiger partial charge in [-0.3, -0.25) is 4.79 Å². The SMILES string of the molecule is CCCCCCC(C)OC=O.[B]. The molecule has 0 heterocycles. The van der Waals surface area contributed by atoms with Gasteiger partial charge in [-0.25, -0.2) is 0 Å². The topological polar surface area (TPSA) is 26.3 Å². The van der Waals surface area contributed by atoms with Gasteiger partial charge in [0, 0.05) is 8.41 Å². The van der Waals surface area contributed by atoms with Gasteiger partial charge in [-0.15, -0.1) is 0 Å². The van der Waals surface area contributed by atoms with Crippen molar-refractivity contribution in [2.24, 2.45) is 0 Å². The molecule has 0 saturated carbocycles. The van der Waals surface area contributed by atoms with Crippen LogP contribution in [0.3, 0.4) is 0 Å². The lowest BCUT2D eigenvalue weighted by atomic mass is 10.1. The van der Waals surface area contributed by atoms with Crippen LogP contribution in [0, 0.1) is 0 Å². The van der Waals surface area contributed by atoms with Crippen LogP contribution in [0.2, 0.25) is 0 Å². The first-order chi connectivity index (χ1) is 5.31. The third-order valence-electron chi connectivity index (χ3n) is 1.75. The average molecular weight is 169 g/mol. The molecular weight excluding hydrogens is 151 g/mol. The number of ether oxygens (including phenoxy) is 1. The van der Waals surface area contributed by atoms with E-state index in [0.29, 0.717) is 6.47 Å². The lowest BCUT2D eigenvalue weighted by molar-refractivity contribution is -0.133. The second kappa shape index (κ2) is 10.5. The minimum Gasteiger partial charge on any atom is -0.465 e. The van der Waals surface area contributed by atoms with Crippen molar-refractivity contribution in [2.75, 3.05) is 0 Å². The number of hydrogen-bond acceptors (Lipinski definition) is 2. The molecule has 12 heavy (non-hydrogen) atoms. The Morgan fingerprint density at radius 3 is 2.50 bits per heavy atom. The predicted octanol–water partition coefficient (Wildman–Crippen LogP) is 2.14. The zero-order chi connectivity index (χ0) is 8.53. The number of rotatable bonds is 7. The second-order valence-corrected chi connectivity index (χ2v) is 2.89. The van der Waals surface area contributed by atoms with Crippen LogP contribution in [0.25, 0.3) is 0 Å². The molecule has 0 spiro atoms. The molecule has 0 amide bonds. The molecule has 1 atom stereocenters. The maximum Gasteiger partial charge on any atom is 0.293 e. The van der Waals surface area contributed by atoms with Gasteiger partial charge in [-0.2, -0.15) is 0 Å². The zero-order valence-corrected chi connectivity index (χ0v) is 8.08. The summed E-state index contributed by atoms with van der Waals surface area (Å²) in [4.78, 5) is 9.88. The predicted molar refractivity (Wildman–Crippen MR) is 51.1 cm³/mol. The van der Waals surface area contributed by atoms with Gasteiger partial charge in [-0.1, -0.05) is 26.2 Å². The van der Waals surface area contributed by atoms with Crippen molar-refractivity contribution in [2.45, 2.75) is 52.1 Å². The molecule has 69 valence electrons. The van der Waals surface area contributed by atoms with E-state index in [-0.39, 0.29) is 14.5 Å². The smallest absolute Gasteiger partial charge is 0.293 e. The molecular formula is C9H18BO2. The minimum atomic E-state index is 0. The fourth-order valence-electron chi connectivity index (χ4n) is 1.02. The van der Waals surface area contributed by atoms with Crippen LogP contribution in [0.4, 0.5) is 0 Å². The van der Waals surface area contributed by atoms with Crippen molar-refractivity contribution in [1.82, 2.24) is 0 Å². The van der Waals surface area contributed by atoms with Crippen LogP contribution in [0.5, 0.6) is 0 Å². The minimum absolute atomic E-state index is 0. The summed E-state index contributed by atoms with van der Waals surface area (Å²) in [6, 6.07) is 0. The Balaban J connectivity index is 0.